The van der Waals surface area contributed by atoms with E-state index in [9.17, 15) is 115 Å². The van der Waals surface area contributed by atoms with Crippen LogP contribution < -0.4 is 31.2 Å². The summed E-state index contributed by atoms with van der Waals surface area (Å²) in [7, 11) is 0. The van der Waals surface area contributed by atoms with E-state index in [1.54, 1.807) is 47.4 Å². The van der Waals surface area contributed by atoms with Crippen LogP contribution in [0.15, 0.2) is 146 Å². The van der Waals surface area contributed by atoms with Gasteiger partial charge in [-0.1, -0.05) is 78.9 Å². The second kappa shape index (κ2) is 21.6. The molecule has 5 nitrogen and oxygen atoms in total. The Labute approximate surface area is 432 Å². The molecule has 6 aromatic carbocycles. The van der Waals surface area contributed by atoms with E-state index in [0.29, 0.717) is 17.2 Å². The molecule has 1 heterocycles. The SMILES string of the molecule is FC(F)(F)c1cc([B-](c2cc(C(F)(F)F)cc(C(F)(F)F)c2)(c2cc(C(F)(F)F)cc(C(F)(F)F)c2)c2cc(C(F)(F)F)cc(C(F)(F)F)c2)cc(C(F)(F)F)c1.O=C(C[n+]1ccnc(Oc2ccc(O)cc2)c1)c1ccccc1. The molecule has 0 aliphatic carbocycles. The van der Waals surface area contributed by atoms with Crippen molar-refractivity contribution in [3.8, 4) is 17.4 Å². The van der Waals surface area contributed by atoms with E-state index >= 15 is 0 Å². The number of carbonyl (C=O) groups excluding carboxylic acids is 1. The minimum Gasteiger partial charge on any atom is -0.508 e. The lowest BCUT2D eigenvalue weighted by Gasteiger charge is -2.46. The summed E-state index contributed by atoms with van der Waals surface area (Å²) in [6.07, 6.45) is -49.9. The molecular formula is C50H27BF24N2O3. The second-order valence-corrected chi connectivity index (χ2v) is 17.2. The van der Waals surface area contributed by atoms with Gasteiger partial charge in [-0.05, 0) is 48.5 Å². The van der Waals surface area contributed by atoms with Crippen molar-refractivity contribution in [2.75, 3.05) is 0 Å². The Bertz CT molecular complexity index is 2920. The van der Waals surface area contributed by atoms with Gasteiger partial charge >= 0.3 is 49.4 Å². The zero-order valence-electron chi connectivity index (χ0n) is 38.9. The zero-order chi connectivity index (χ0) is 60.0. The molecule has 0 fully saturated rings. The van der Waals surface area contributed by atoms with Crippen LogP contribution in [0.2, 0.25) is 0 Å². The molecule has 0 aliphatic rings. The van der Waals surface area contributed by atoms with Gasteiger partial charge in [0.05, 0.1) is 50.7 Å². The maximum absolute atomic E-state index is 14.2. The van der Waals surface area contributed by atoms with Crippen LogP contribution in [0.4, 0.5) is 105 Å². The van der Waals surface area contributed by atoms with Gasteiger partial charge in [0.25, 0.3) is 5.88 Å². The summed E-state index contributed by atoms with van der Waals surface area (Å²) < 4.78 is 348. The number of aromatic nitrogens is 2. The van der Waals surface area contributed by atoms with E-state index in [-0.39, 0.29) is 18.1 Å². The van der Waals surface area contributed by atoms with Crippen molar-refractivity contribution in [1.29, 1.82) is 0 Å². The summed E-state index contributed by atoms with van der Waals surface area (Å²) in [5, 5.41) is 9.26. The van der Waals surface area contributed by atoms with Crippen molar-refractivity contribution in [2.24, 2.45) is 0 Å². The summed E-state index contributed by atoms with van der Waals surface area (Å²) in [5.74, 6) is 1.11. The number of alkyl halides is 24. The quantitative estimate of drug-likeness (QED) is 0.0677. The number of hydrogen-bond donors (Lipinski definition) is 1. The van der Waals surface area contributed by atoms with Crippen LogP contribution in [0, 0.1) is 0 Å². The number of Topliss-reactive ketones (excluding diaryl/α,β-unsaturated/α-hetero) is 1. The van der Waals surface area contributed by atoms with Gasteiger partial charge in [0.2, 0.25) is 18.5 Å². The molecule has 0 radical (unpaired) electrons. The van der Waals surface area contributed by atoms with Crippen LogP contribution in [0.1, 0.15) is 54.9 Å². The van der Waals surface area contributed by atoms with E-state index in [4.69, 9.17) is 4.74 Å². The van der Waals surface area contributed by atoms with Crippen molar-refractivity contribution < 1.29 is 125 Å². The Kier molecular flexibility index (Phi) is 16.5. The molecule has 1 N–H and O–H groups in total. The summed E-state index contributed by atoms with van der Waals surface area (Å²) >= 11 is 0. The Morgan fingerprint density at radius 2 is 0.713 bits per heavy atom. The van der Waals surface area contributed by atoms with E-state index in [0.717, 1.165) is 0 Å². The minimum absolute atomic E-state index is 0.0115. The van der Waals surface area contributed by atoms with Crippen LogP contribution in [0.25, 0.3) is 0 Å². The standard InChI is InChI=1S/C32H12BF24.C18H14N2O3/c34-25(35,36)13-1-14(26(37,38)39)6-21(5-13)33(22-7-15(27(40,41)42)2-16(8-22)28(43,44)45,23-9-17(29(46,47)48)3-18(10-23)30(49,50)51)24-11-19(31(52,53)54)4-20(12-24)32(55,56)57;21-15-6-8-16(9-7-15)23-18-13-20(11-10-19-18)12-17(22)14-4-2-1-3-5-14/h1-12H;1-11,13H,12H2/q-1;/p+1. The number of benzene rings is 6. The molecule has 7 aromatic rings. The van der Waals surface area contributed by atoms with Gasteiger partial charge in [-0.2, -0.15) is 132 Å². The first kappa shape index (κ1) is 61.3. The molecule has 0 saturated carbocycles. The smallest absolute Gasteiger partial charge is 0.416 e. The lowest BCUT2D eigenvalue weighted by atomic mass is 9.12. The molecule has 0 bridgehead atoms. The van der Waals surface area contributed by atoms with Gasteiger partial charge in [-0.15, -0.1) is 0 Å². The first-order valence-corrected chi connectivity index (χ1v) is 21.7. The molecular weight excluding hydrogens is 1140 g/mol. The largest absolute Gasteiger partial charge is 0.508 e. The number of nitrogens with zero attached hydrogens (tertiary/aromatic N) is 2. The van der Waals surface area contributed by atoms with Crippen molar-refractivity contribution >= 4 is 33.8 Å². The Morgan fingerprint density at radius 3 is 0.988 bits per heavy atom. The molecule has 0 aliphatic heterocycles. The maximum atomic E-state index is 14.2. The van der Waals surface area contributed by atoms with Crippen molar-refractivity contribution in [3.05, 3.63) is 196 Å². The predicted molar refractivity (Wildman–Crippen MR) is 233 cm³/mol. The average molecular weight is 1170 g/mol. The second-order valence-electron chi connectivity index (χ2n) is 17.2. The zero-order valence-corrected chi connectivity index (χ0v) is 38.9. The van der Waals surface area contributed by atoms with E-state index in [1.165, 1.54) is 12.1 Å². The number of halogens is 24. The number of phenols is 1. The third-order valence-electron chi connectivity index (χ3n) is 11.7. The first-order valence-electron chi connectivity index (χ1n) is 21.7. The number of aromatic hydroxyl groups is 1. The van der Waals surface area contributed by atoms with Gasteiger partial charge in [0, 0.05) is 5.56 Å². The fourth-order valence-corrected chi connectivity index (χ4v) is 8.15. The normalized spacial score (nSPS) is 13.2. The van der Waals surface area contributed by atoms with Crippen molar-refractivity contribution in [3.63, 3.8) is 0 Å². The number of carbonyl (C=O) groups is 1. The molecule has 30 heteroatoms. The highest BCUT2D eigenvalue weighted by Crippen LogP contribution is 2.41. The average Bonchev–Trinajstić information content (AvgIpc) is 3.33. The summed E-state index contributed by atoms with van der Waals surface area (Å²) in [5.41, 5.74) is -29.5. The van der Waals surface area contributed by atoms with E-state index in [2.05, 4.69) is 4.98 Å². The number of phenolic OH excluding ortho intramolecular Hbond substituents is 1. The van der Waals surface area contributed by atoms with Gasteiger partial charge in [-0.3, -0.25) is 4.79 Å². The van der Waals surface area contributed by atoms with Crippen LogP contribution >= 0.6 is 0 Å². The van der Waals surface area contributed by atoms with Gasteiger partial charge in [0.1, 0.15) is 17.6 Å². The van der Waals surface area contributed by atoms with Crippen LogP contribution in [-0.4, -0.2) is 22.0 Å². The van der Waals surface area contributed by atoms with Crippen LogP contribution in [0.5, 0.6) is 17.4 Å². The number of hydrogen-bond acceptors (Lipinski definition) is 4. The Morgan fingerprint density at radius 1 is 0.425 bits per heavy atom. The topological polar surface area (TPSA) is 63.3 Å². The van der Waals surface area contributed by atoms with Crippen LogP contribution in [-0.2, 0) is 56.0 Å². The van der Waals surface area contributed by atoms with Crippen LogP contribution in [0.3, 0.4) is 0 Å². The van der Waals surface area contributed by atoms with Gasteiger partial charge in [0.15, 0.2) is 6.20 Å². The van der Waals surface area contributed by atoms with Gasteiger partial charge in [-0.25, -0.2) is 4.98 Å². The molecule has 80 heavy (non-hydrogen) atoms. The highest BCUT2D eigenvalue weighted by Gasteiger charge is 2.47. The third-order valence-corrected chi connectivity index (χ3v) is 11.7. The van der Waals surface area contributed by atoms with E-state index in [1.807, 2.05) is 18.2 Å². The van der Waals surface area contributed by atoms with Gasteiger partial charge < -0.3 is 9.84 Å². The van der Waals surface area contributed by atoms with E-state index < -0.39 is 195 Å². The molecule has 7 rings (SSSR count). The third kappa shape index (κ3) is 14.4. The first-order chi connectivity index (χ1) is 36.5. The Balaban J connectivity index is 0.000000370. The number of ether oxygens (including phenoxy) is 1. The maximum Gasteiger partial charge on any atom is 0.416 e. The van der Waals surface area contributed by atoms with Crippen molar-refractivity contribution in [1.82, 2.24) is 4.98 Å². The van der Waals surface area contributed by atoms with Crippen molar-refractivity contribution in [2.45, 2.75) is 56.0 Å². The number of ketones is 1. The lowest BCUT2D eigenvalue weighted by Crippen LogP contribution is -2.75. The molecule has 0 spiro atoms. The fourth-order valence-electron chi connectivity index (χ4n) is 8.15. The highest BCUT2D eigenvalue weighted by molar-refractivity contribution is 7.20. The molecule has 0 unspecified atom stereocenters. The minimum atomic E-state index is -6.13. The highest BCUT2D eigenvalue weighted by atomic mass is 19.4. The summed E-state index contributed by atoms with van der Waals surface area (Å²) in [6.45, 7) is 0.207. The monoisotopic (exact) mass is 1170 g/mol. The summed E-state index contributed by atoms with van der Waals surface area (Å²) in [6, 6.07) is 6.67. The Hall–Kier alpha value is -7.95. The molecule has 0 amide bonds. The molecule has 0 atom stereocenters. The summed E-state index contributed by atoms with van der Waals surface area (Å²) in [4.78, 5) is 16.3. The molecule has 426 valence electrons. The number of rotatable bonds is 9. The fraction of sp³-hybridized carbons (Fsp3) is 0.180. The predicted octanol–water partition coefficient (Wildman–Crippen LogP) is 14.0. The lowest BCUT2D eigenvalue weighted by molar-refractivity contribution is -0.683. The molecule has 0 saturated heterocycles. The molecule has 1 aromatic heterocycles.